The second-order valence-electron chi connectivity index (χ2n) is 6.35. The highest BCUT2D eigenvalue weighted by atomic mass is 16.6. The van der Waals surface area contributed by atoms with E-state index in [0.717, 1.165) is 0 Å². The van der Waals surface area contributed by atoms with E-state index in [1.807, 2.05) is 0 Å². The van der Waals surface area contributed by atoms with Crippen molar-refractivity contribution in [1.29, 1.82) is 0 Å². The molecule has 0 unspecified atom stereocenters. The van der Waals surface area contributed by atoms with Gasteiger partial charge in [-0.05, 0) is 38.1 Å². The van der Waals surface area contributed by atoms with Gasteiger partial charge >= 0.3 is 0 Å². The molecule has 3 rings (SSSR count). The molecule has 0 fully saturated rings. The molecule has 0 bridgehead atoms. The van der Waals surface area contributed by atoms with Gasteiger partial charge in [0.1, 0.15) is 23.0 Å². The molecule has 0 aliphatic carbocycles. The summed E-state index contributed by atoms with van der Waals surface area (Å²) in [6, 6.07) is 13.6. The van der Waals surface area contributed by atoms with Crippen LogP contribution in [0.15, 0.2) is 54.6 Å². The second-order valence-corrected chi connectivity index (χ2v) is 6.35. The maximum absolute atomic E-state index is 10.9. The molecule has 9 heteroatoms. The number of benzene rings is 3. The average molecular weight is 395 g/mol. The predicted octanol–water partition coefficient (Wildman–Crippen LogP) is 5.29. The van der Waals surface area contributed by atoms with Gasteiger partial charge in [0.15, 0.2) is 0 Å². The molecule has 2 N–H and O–H groups in total. The van der Waals surface area contributed by atoms with Gasteiger partial charge in [-0.25, -0.2) is 0 Å². The Morgan fingerprint density at radius 2 is 1.10 bits per heavy atom. The number of hydrogen-bond donors (Lipinski definition) is 1. The molecule has 9 nitrogen and oxygen atoms in total. The Hall–Kier alpha value is -4.14. The number of nitrogen functional groups attached to an aromatic ring is 1. The number of nitro benzene ring substituents is 2. The van der Waals surface area contributed by atoms with Gasteiger partial charge in [0.2, 0.25) is 0 Å². The van der Waals surface area contributed by atoms with Crippen molar-refractivity contribution in [3.63, 3.8) is 0 Å². The summed E-state index contributed by atoms with van der Waals surface area (Å²) in [6.45, 7) is 3.24. The van der Waals surface area contributed by atoms with E-state index in [2.05, 4.69) is 0 Å². The normalized spacial score (nSPS) is 10.4. The third kappa shape index (κ3) is 4.59. The lowest BCUT2D eigenvalue weighted by Gasteiger charge is -2.11. The van der Waals surface area contributed by atoms with Crippen molar-refractivity contribution >= 4 is 17.1 Å². The smallest absolute Gasteiger partial charge is 0.272 e. The van der Waals surface area contributed by atoms with Crippen molar-refractivity contribution in [3.05, 3.63) is 86.0 Å². The molecule has 0 saturated heterocycles. The molecule has 0 aliphatic heterocycles. The minimum absolute atomic E-state index is 0.00230. The molecule has 0 aliphatic rings. The Morgan fingerprint density at radius 3 is 1.45 bits per heavy atom. The highest BCUT2D eigenvalue weighted by Crippen LogP contribution is 2.33. The summed E-state index contributed by atoms with van der Waals surface area (Å²) in [6.07, 6.45) is 0. The van der Waals surface area contributed by atoms with Crippen LogP contribution in [0.3, 0.4) is 0 Å². The molecule has 0 aromatic heterocycles. The molecule has 0 saturated carbocycles. The molecule has 0 amide bonds. The van der Waals surface area contributed by atoms with Crippen LogP contribution in [0.25, 0.3) is 0 Å². The zero-order valence-electron chi connectivity index (χ0n) is 15.6. The van der Waals surface area contributed by atoms with Crippen molar-refractivity contribution in [2.75, 3.05) is 5.73 Å². The summed E-state index contributed by atoms with van der Waals surface area (Å²) in [5, 5.41) is 21.9. The van der Waals surface area contributed by atoms with Gasteiger partial charge in [0, 0.05) is 47.1 Å². The summed E-state index contributed by atoms with van der Waals surface area (Å²) in [5.41, 5.74) is 7.24. The van der Waals surface area contributed by atoms with Crippen LogP contribution in [0.1, 0.15) is 11.1 Å². The molecule has 3 aromatic rings. The zero-order valence-corrected chi connectivity index (χ0v) is 15.6. The zero-order chi connectivity index (χ0) is 21.1. The number of aryl methyl sites for hydroxylation is 2. The lowest BCUT2D eigenvalue weighted by Crippen LogP contribution is -1.95. The quantitative estimate of drug-likeness (QED) is 0.341. The summed E-state index contributed by atoms with van der Waals surface area (Å²) >= 11 is 0. The van der Waals surface area contributed by atoms with Crippen molar-refractivity contribution in [1.82, 2.24) is 0 Å². The Bertz CT molecular complexity index is 1030. The van der Waals surface area contributed by atoms with E-state index >= 15 is 0 Å². The number of nitrogens with two attached hydrogens (primary N) is 1. The molecule has 0 atom stereocenters. The minimum atomic E-state index is -0.461. The molecule has 3 aromatic carbocycles. The molecule has 0 heterocycles. The van der Waals surface area contributed by atoms with E-state index in [1.165, 1.54) is 24.3 Å². The van der Waals surface area contributed by atoms with Gasteiger partial charge in [-0.2, -0.15) is 0 Å². The SMILES string of the molecule is Cc1cc(Oc2cc(N)cc(Oc3ccc([N+](=O)[O-])c(C)c3)c2)ccc1[N+](=O)[O-]. The van der Waals surface area contributed by atoms with Gasteiger partial charge in [-0.1, -0.05) is 0 Å². The van der Waals surface area contributed by atoms with Crippen LogP contribution in [0.2, 0.25) is 0 Å². The van der Waals surface area contributed by atoms with E-state index in [4.69, 9.17) is 15.2 Å². The second kappa shape index (κ2) is 7.85. The van der Waals surface area contributed by atoms with E-state index in [9.17, 15) is 20.2 Å². The highest BCUT2D eigenvalue weighted by Gasteiger charge is 2.13. The Balaban J connectivity index is 1.83. The van der Waals surface area contributed by atoms with E-state index < -0.39 is 9.85 Å². The van der Waals surface area contributed by atoms with Crippen LogP contribution >= 0.6 is 0 Å². The fourth-order valence-electron chi connectivity index (χ4n) is 2.78. The minimum Gasteiger partial charge on any atom is -0.457 e. The number of nitrogens with zero attached hydrogens (tertiary/aromatic N) is 2. The summed E-state index contributed by atoms with van der Waals surface area (Å²) in [7, 11) is 0. The van der Waals surface area contributed by atoms with E-state index in [0.29, 0.717) is 39.8 Å². The van der Waals surface area contributed by atoms with Crippen molar-refractivity contribution in [3.8, 4) is 23.0 Å². The predicted molar refractivity (Wildman–Crippen MR) is 107 cm³/mol. The Morgan fingerprint density at radius 1 is 0.690 bits per heavy atom. The first kappa shape index (κ1) is 19.6. The Labute approximate surface area is 165 Å². The average Bonchev–Trinajstić information content (AvgIpc) is 2.60. The summed E-state index contributed by atoms with van der Waals surface area (Å²) < 4.78 is 11.5. The number of anilines is 1. The van der Waals surface area contributed by atoms with E-state index in [1.54, 1.807) is 44.2 Å². The highest BCUT2D eigenvalue weighted by molar-refractivity contribution is 5.54. The van der Waals surface area contributed by atoms with Crippen molar-refractivity contribution < 1.29 is 19.3 Å². The van der Waals surface area contributed by atoms with Crippen LogP contribution in [-0.4, -0.2) is 9.85 Å². The van der Waals surface area contributed by atoms with Gasteiger partial charge in [0.05, 0.1) is 9.85 Å². The lowest BCUT2D eigenvalue weighted by atomic mass is 10.2. The topological polar surface area (TPSA) is 131 Å². The molecule has 0 radical (unpaired) electrons. The van der Waals surface area contributed by atoms with Gasteiger partial charge in [0.25, 0.3) is 11.4 Å². The van der Waals surface area contributed by atoms with E-state index in [-0.39, 0.29) is 11.4 Å². The largest absolute Gasteiger partial charge is 0.457 e. The molecule has 148 valence electrons. The first-order valence-electron chi connectivity index (χ1n) is 8.49. The maximum Gasteiger partial charge on any atom is 0.272 e. The lowest BCUT2D eigenvalue weighted by molar-refractivity contribution is -0.385. The van der Waals surface area contributed by atoms with Crippen LogP contribution in [0, 0.1) is 34.1 Å². The number of hydrogen-bond acceptors (Lipinski definition) is 7. The summed E-state index contributed by atoms with van der Waals surface area (Å²) in [5.74, 6) is 1.59. The third-order valence-corrected chi connectivity index (χ3v) is 4.10. The van der Waals surface area contributed by atoms with Crippen LogP contribution in [0.5, 0.6) is 23.0 Å². The van der Waals surface area contributed by atoms with Gasteiger partial charge in [-0.3, -0.25) is 20.2 Å². The first-order chi connectivity index (χ1) is 13.7. The first-order valence-corrected chi connectivity index (χ1v) is 8.49. The molecular formula is C20H17N3O6. The molecule has 0 spiro atoms. The standard InChI is InChI=1S/C20H17N3O6/c1-12-7-15(3-5-19(12)22(24)25)28-17-9-14(21)10-18(11-17)29-16-4-6-20(23(26)27)13(2)8-16/h3-11H,21H2,1-2H3. The number of rotatable bonds is 6. The molecule has 29 heavy (non-hydrogen) atoms. The van der Waals surface area contributed by atoms with Gasteiger partial charge < -0.3 is 15.2 Å². The monoisotopic (exact) mass is 395 g/mol. The van der Waals surface area contributed by atoms with Gasteiger partial charge in [-0.15, -0.1) is 0 Å². The van der Waals surface area contributed by atoms with Crippen LogP contribution < -0.4 is 15.2 Å². The van der Waals surface area contributed by atoms with Crippen molar-refractivity contribution in [2.45, 2.75) is 13.8 Å². The van der Waals surface area contributed by atoms with Crippen molar-refractivity contribution in [2.24, 2.45) is 0 Å². The Kier molecular flexibility index (Phi) is 5.31. The maximum atomic E-state index is 10.9. The van der Waals surface area contributed by atoms with Crippen LogP contribution in [-0.2, 0) is 0 Å². The fourth-order valence-corrected chi connectivity index (χ4v) is 2.78. The van der Waals surface area contributed by atoms with Crippen LogP contribution in [0.4, 0.5) is 17.1 Å². The number of nitro groups is 2. The fraction of sp³-hybridized carbons (Fsp3) is 0.100. The molecular weight excluding hydrogens is 378 g/mol. The number of ether oxygens (including phenoxy) is 2. The summed E-state index contributed by atoms with van der Waals surface area (Å²) in [4.78, 5) is 20.9. The third-order valence-electron chi connectivity index (χ3n) is 4.10.